The lowest BCUT2D eigenvalue weighted by molar-refractivity contribution is -0.186. The van der Waals surface area contributed by atoms with Crippen LogP contribution in [-0.2, 0) is 14.4 Å². The molecule has 2 atom stereocenters. The van der Waals surface area contributed by atoms with Gasteiger partial charge in [-0.3, -0.25) is 14.5 Å². The number of ether oxygens (including phenoxy) is 1. The minimum atomic E-state index is -0.880. The molecule has 2 amide bonds. The third-order valence-corrected chi connectivity index (χ3v) is 6.85. The van der Waals surface area contributed by atoms with Crippen molar-refractivity contribution in [3.8, 4) is 0 Å². The van der Waals surface area contributed by atoms with Crippen molar-refractivity contribution < 1.29 is 23.6 Å². The molecule has 10 nitrogen and oxygen atoms in total. The molecule has 0 bridgehead atoms. The Labute approximate surface area is 222 Å². The number of rotatable bonds is 8. The van der Waals surface area contributed by atoms with Gasteiger partial charge in [0.15, 0.2) is 6.29 Å². The fourth-order valence-electron chi connectivity index (χ4n) is 4.55. The van der Waals surface area contributed by atoms with Crippen molar-refractivity contribution in [1.82, 2.24) is 25.2 Å². The number of benzene rings is 1. The van der Waals surface area contributed by atoms with Crippen LogP contribution in [0.2, 0.25) is 0 Å². The van der Waals surface area contributed by atoms with Gasteiger partial charge in [-0.2, -0.15) is 0 Å². The third-order valence-electron chi connectivity index (χ3n) is 6.85. The molecule has 1 aromatic carbocycles. The number of carbonyl (C=O) groups excluding carboxylic acids is 2. The molecule has 1 aromatic heterocycles. The summed E-state index contributed by atoms with van der Waals surface area (Å²) in [5.41, 5.74) is 2.64. The largest absolute Gasteiger partial charge is 0.350 e. The molecule has 11 heteroatoms. The summed E-state index contributed by atoms with van der Waals surface area (Å²) in [5.74, 6) is -0.262. The standard InChI is InChI=1S/C27H35FN6O4/c1-27(25(36)32(2)3,12-11-20-7-9-22(28)10-8-20)34-15-13-33(14-16-34)26-29-18-21(19-30-26)24(35)31-38-23-6-4-5-17-37-23/h7-12,18-19,23H,4-6,13-17H2,1-3H3,(H,31,35)/b12-11+. The molecule has 2 aromatic rings. The van der Waals surface area contributed by atoms with E-state index in [2.05, 4.69) is 20.3 Å². The van der Waals surface area contributed by atoms with Crippen molar-refractivity contribution in [2.45, 2.75) is 38.0 Å². The van der Waals surface area contributed by atoms with Crippen LogP contribution >= 0.6 is 0 Å². The first-order valence-corrected chi connectivity index (χ1v) is 12.8. The van der Waals surface area contributed by atoms with Crippen LogP contribution < -0.4 is 10.4 Å². The summed E-state index contributed by atoms with van der Waals surface area (Å²) >= 11 is 0. The van der Waals surface area contributed by atoms with Gasteiger partial charge in [-0.05, 0) is 37.5 Å². The number of nitrogens with one attached hydrogen (secondary N) is 1. The Morgan fingerprint density at radius 2 is 1.82 bits per heavy atom. The topological polar surface area (TPSA) is 100 Å². The van der Waals surface area contributed by atoms with E-state index in [0.717, 1.165) is 24.8 Å². The second-order valence-corrected chi connectivity index (χ2v) is 9.82. The van der Waals surface area contributed by atoms with Gasteiger partial charge in [0.05, 0.1) is 5.56 Å². The molecule has 1 N–H and O–H groups in total. The lowest BCUT2D eigenvalue weighted by atomic mass is 9.95. The lowest BCUT2D eigenvalue weighted by Gasteiger charge is -2.44. The number of hydroxylamine groups is 1. The molecule has 38 heavy (non-hydrogen) atoms. The Bertz CT molecular complexity index is 1110. The summed E-state index contributed by atoms with van der Waals surface area (Å²) in [5, 5.41) is 0. The average molecular weight is 527 g/mol. The highest BCUT2D eigenvalue weighted by molar-refractivity contribution is 5.93. The van der Waals surface area contributed by atoms with Gasteiger partial charge in [0.25, 0.3) is 5.91 Å². The molecule has 0 saturated carbocycles. The number of piperazine rings is 1. The minimum absolute atomic E-state index is 0.0447. The monoisotopic (exact) mass is 526 g/mol. The molecule has 2 saturated heterocycles. The van der Waals surface area contributed by atoms with E-state index in [4.69, 9.17) is 9.57 Å². The Balaban J connectivity index is 1.36. The lowest BCUT2D eigenvalue weighted by Crippen LogP contribution is -2.61. The first-order chi connectivity index (χ1) is 18.3. The predicted molar refractivity (Wildman–Crippen MR) is 140 cm³/mol. The highest BCUT2D eigenvalue weighted by atomic mass is 19.1. The van der Waals surface area contributed by atoms with Crippen LogP contribution in [0.4, 0.5) is 10.3 Å². The molecule has 0 radical (unpaired) electrons. The molecule has 0 spiro atoms. The van der Waals surface area contributed by atoms with E-state index in [1.165, 1.54) is 24.5 Å². The summed E-state index contributed by atoms with van der Waals surface area (Å²) in [6.07, 6.45) is 8.98. The quantitative estimate of drug-likeness (QED) is 0.524. The maximum Gasteiger partial charge on any atom is 0.278 e. The van der Waals surface area contributed by atoms with Crippen LogP contribution in [0.3, 0.4) is 0 Å². The van der Waals surface area contributed by atoms with E-state index in [1.807, 2.05) is 24.0 Å². The molecule has 3 heterocycles. The van der Waals surface area contributed by atoms with Crippen LogP contribution in [-0.4, -0.2) is 90.3 Å². The van der Waals surface area contributed by atoms with Gasteiger partial charge in [-0.1, -0.05) is 24.3 Å². The minimum Gasteiger partial charge on any atom is -0.350 e. The van der Waals surface area contributed by atoms with Crippen LogP contribution in [0, 0.1) is 5.82 Å². The summed E-state index contributed by atoms with van der Waals surface area (Å²) in [6, 6.07) is 6.16. The zero-order chi connectivity index (χ0) is 27.1. The Morgan fingerprint density at radius 1 is 1.13 bits per heavy atom. The SMILES string of the molecule is CN(C)C(=O)C(C)(/C=C/c1ccc(F)cc1)N1CCN(c2ncc(C(=O)NOC3CCCCO3)cn2)CC1. The maximum absolute atomic E-state index is 13.3. The molecule has 2 aliphatic heterocycles. The van der Waals surface area contributed by atoms with E-state index in [1.54, 1.807) is 31.1 Å². The summed E-state index contributed by atoms with van der Waals surface area (Å²) in [6.45, 7) is 4.94. The normalized spacial score (nSPS) is 20.2. The highest BCUT2D eigenvalue weighted by Gasteiger charge is 2.40. The van der Waals surface area contributed by atoms with Crippen molar-refractivity contribution in [1.29, 1.82) is 0 Å². The molecule has 2 unspecified atom stereocenters. The number of aromatic nitrogens is 2. The zero-order valence-electron chi connectivity index (χ0n) is 22.1. The zero-order valence-corrected chi connectivity index (χ0v) is 22.1. The summed E-state index contributed by atoms with van der Waals surface area (Å²) in [7, 11) is 3.47. The van der Waals surface area contributed by atoms with Gasteiger partial charge in [0, 0.05) is 65.7 Å². The second-order valence-electron chi connectivity index (χ2n) is 9.82. The Kier molecular flexibility index (Phi) is 9.03. The smallest absolute Gasteiger partial charge is 0.278 e. The molecule has 4 rings (SSSR count). The first-order valence-electron chi connectivity index (χ1n) is 12.8. The maximum atomic E-state index is 13.3. The van der Waals surface area contributed by atoms with Gasteiger partial charge in [0.2, 0.25) is 11.9 Å². The number of nitrogens with zero attached hydrogens (tertiary/aromatic N) is 5. The van der Waals surface area contributed by atoms with Gasteiger partial charge in [0.1, 0.15) is 11.4 Å². The van der Waals surface area contributed by atoms with Crippen molar-refractivity contribution in [2.75, 3.05) is 51.8 Å². The van der Waals surface area contributed by atoms with Crippen molar-refractivity contribution in [2.24, 2.45) is 0 Å². The first kappa shape index (κ1) is 27.6. The fourth-order valence-corrected chi connectivity index (χ4v) is 4.55. The van der Waals surface area contributed by atoms with Gasteiger partial charge >= 0.3 is 0 Å². The predicted octanol–water partition coefficient (Wildman–Crippen LogP) is 2.49. The van der Waals surface area contributed by atoms with E-state index in [-0.39, 0.29) is 11.7 Å². The number of amides is 2. The van der Waals surface area contributed by atoms with Gasteiger partial charge in [-0.15, -0.1) is 0 Å². The number of hydrogen-bond acceptors (Lipinski definition) is 8. The van der Waals surface area contributed by atoms with Crippen molar-refractivity contribution >= 4 is 23.8 Å². The van der Waals surface area contributed by atoms with E-state index in [9.17, 15) is 14.0 Å². The van der Waals surface area contributed by atoms with Crippen molar-refractivity contribution in [3.63, 3.8) is 0 Å². The summed E-state index contributed by atoms with van der Waals surface area (Å²) < 4.78 is 18.7. The number of halogens is 1. The Hall–Kier alpha value is -3.41. The third kappa shape index (κ3) is 6.72. The van der Waals surface area contributed by atoms with Crippen LogP contribution in [0.1, 0.15) is 42.1 Å². The van der Waals surface area contributed by atoms with Crippen LogP contribution in [0.15, 0.2) is 42.7 Å². The number of anilines is 1. The fraction of sp³-hybridized carbons (Fsp3) is 0.481. The van der Waals surface area contributed by atoms with Crippen molar-refractivity contribution in [3.05, 3.63) is 59.7 Å². The van der Waals surface area contributed by atoms with E-state index < -0.39 is 17.7 Å². The highest BCUT2D eigenvalue weighted by Crippen LogP contribution is 2.24. The van der Waals surface area contributed by atoms with Crippen LogP contribution in [0.5, 0.6) is 0 Å². The van der Waals surface area contributed by atoms with Gasteiger partial charge in [-0.25, -0.2) is 24.7 Å². The number of hydrogen-bond donors (Lipinski definition) is 1. The van der Waals surface area contributed by atoms with E-state index in [0.29, 0.717) is 44.3 Å². The molecule has 204 valence electrons. The average Bonchev–Trinajstić information content (AvgIpc) is 2.95. The molecular weight excluding hydrogens is 491 g/mol. The summed E-state index contributed by atoms with van der Waals surface area (Å²) in [4.78, 5) is 45.4. The molecule has 2 fully saturated rings. The molecule has 2 aliphatic rings. The van der Waals surface area contributed by atoms with E-state index >= 15 is 0 Å². The molecule has 0 aliphatic carbocycles. The number of carbonyl (C=O) groups is 2. The second kappa shape index (κ2) is 12.4. The van der Waals surface area contributed by atoms with Gasteiger partial charge < -0.3 is 14.5 Å². The van der Waals surface area contributed by atoms with Crippen LogP contribution in [0.25, 0.3) is 6.08 Å². The number of likely N-dealkylation sites (N-methyl/N-ethyl adjacent to an activating group) is 1. The Morgan fingerprint density at radius 3 is 2.42 bits per heavy atom. The molecular formula is C27H35FN6O4.